The number of carbonyl (C=O) groups is 1. The maximum Gasteiger partial charge on any atom is 0.303 e. The van der Waals surface area contributed by atoms with Crippen molar-refractivity contribution in [1.82, 2.24) is 0 Å². The number of aliphatic hydroxyl groups is 1. The van der Waals surface area contributed by atoms with Crippen LogP contribution in [0.5, 0.6) is 5.75 Å². The highest BCUT2D eigenvalue weighted by molar-refractivity contribution is 7.10. The number of thiophene rings is 1. The number of hydrogen-bond acceptors (Lipinski definition) is 4. The minimum Gasteiger partial charge on any atom is -0.494 e. The Kier molecular flexibility index (Phi) is 5.71. The topological polar surface area (TPSA) is 66.8 Å². The van der Waals surface area contributed by atoms with Gasteiger partial charge in [-0.3, -0.25) is 4.79 Å². The predicted molar refractivity (Wildman–Crippen MR) is 102 cm³/mol. The molecule has 1 atom stereocenters. The summed E-state index contributed by atoms with van der Waals surface area (Å²) < 4.78 is 5.58. The highest BCUT2D eigenvalue weighted by atomic mass is 32.1. The number of aliphatic carboxylic acids is 1. The van der Waals surface area contributed by atoms with Gasteiger partial charge in [-0.15, -0.1) is 11.3 Å². The summed E-state index contributed by atoms with van der Waals surface area (Å²) in [5.74, 6) is -0.173. The minimum absolute atomic E-state index is 0.0875. The average Bonchev–Trinajstić information content (AvgIpc) is 3.21. The van der Waals surface area contributed by atoms with Crippen molar-refractivity contribution in [2.45, 2.75) is 18.4 Å². The second kappa shape index (κ2) is 8.17. The highest BCUT2D eigenvalue weighted by Crippen LogP contribution is 2.39. The highest BCUT2D eigenvalue weighted by Gasteiger charge is 2.34. The first-order valence-corrected chi connectivity index (χ1v) is 9.25. The van der Waals surface area contributed by atoms with Crippen LogP contribution in [0.2, 0.25) is 0 Å². The molecule has 1 aromatic heterocycles. The Hall–Kier alpha value is -2.63. The van der Waals surface area contributed by atoms with Crippen molar-refractivity contribution in [3.05, 3.63) is 88.1 Å². The van der Waals surface area contributed by atoms with Crippen molar-refractivity contribution in [1.29, 1.82) is 0 Å². The van der Waals surface area contributed by atoms with Gasteiger partial charge in [0.15, 0.2) is 0 Å². The zero-order chi connectivity index (χ0) is 18.4. The molecule has 2 aromatic carbocycles. The van der Waals surface area contributed by atoms with Gasteiger partial charge in [-0.1, -0.05) is 48.5 Å². The van der Waals surface area contributed by atoms with Crippen molar-refractivity contribution in [2.75, 3.05) is 6.61 Å². The largest absolute Gasteiger partial charge is 0.494 e. The molecule has 0 fully saturated rings. The fraction of sp³-hybridized carbons (Fsp3) is 0.190. The zero-order valence-corrected chi connectivity index (χ0v) is 15.0. The molecule has 0 saturated heterocycles. The van der Waals surface area contributed by atoms with Gasteiger partial charge < -0.3 is 14.9 Å². The Morgan fingerprint density at radius 2 is 1.65 bits per heavy atom. The van der Waals surface area contributed by atoms with E-state index in [1.54, 1.807) is 12.1 Å². The normalized spacial score (nSPS) is 13.1. The van der Waals surface area contributed by atoms with Crippen molar-refractivity contribution >= 4 is 17.3 Å². The zero-order valence-electron chi connectivity index (χ0n) is 14.2. The lowest BCUT2D eigenvalue weighted by molar-refractivity contribution is -0.137. The van der Waals surface area contributed by atoms with E-state index in [-0.39, 0.29) is 6.42 Å². The van der Waals surface area contributed by atoms with Crippen LogP contribution in [0.15, 0.2) is 72.1 Å². The van der Waals surface area contributed by atoms with Crippen molar-refractivity contribution in [2.24, 2.45) is 0 Å². The molecular weight excluding hydrogens is 348 g/mol. The summed E-state index contributed by atoms with van der Waals surface area (Å²) in [6.07, 6.45) is 0.546. The molecule has 3 aromatic rings. The van der Waals surface area contributed by atoms with E-state index in [0.29, 0.717) is 18.8 Å². The van der Waals surface area contributed by atoms with E-state index in [4.69, 9.17) is 9.84 Å². The smallest absolute Gasteiger partial charge is 0.303 e. The molecule has 3 rings (SSSR count). The molecule has 0 amide bonds. The second-order valence-electron chi connectivity index (χ2n) is 5.92. The summed E-state index contributed by atoms with van der Waals surface area (Å²) in [6.45, 7) is 0.347. The number of carboxylic acid groups (broad SMARTS) is 1. The summed E-state index contributed by atoms with van der Waals surface area (Å²) in [5.41, 5.74) is 0.332. The minimum atomic E-state index is -1.22. The van der Waals surface area contributed by atoms with Crippen LogP contribution in [0.25, 0.3) is 0 Å². The summed E-state index contributed by atoms with van der Waals surface area (Å²) in [7, 11) is 0. The van der Waals surface area contributed by atoms with E-state index in [1.165, 1.54) is 11.3 Å². The second-order valence-corrected chi connectivity index (χ2v) is 6.87. The molecule has 0 saturated carbocycles. The molecule has 0 aliphatic rings. The van der Waals surface area contributed by atoms with E-state index < -0.39 is 11.6 Å². The van der Waals surface area contributed by atoms with Crippen LogP contribution in [0, 0.1) is 0 Å². The SMILES string of the molecule is O=C(O)CCCOc1ccc(C(O)(c2ccccc2)c2cccs2)cc1. The molecule has 0 radical (unpaired) electrons. The van der Waals surface area contributed by atoms with Gasteiger partial charge in [0, 0.05) is 11.3 Å². The van der Waals surface area contributed by atoms with Crippen LogP contribution in [-0.2, 0) is 10.4 Å². The molecule has 1 unspecified atom stereocenters. The van der Waals surface area contributed by atoms with Gasteiger partial charge in [-0.2, -0.15) is 0 Å². The van der Waals surface area contributed by atoms with Gasteiger partial charge in [-0.25, -0.2) is 0 Å². The fourth-order valence-electron chi connectivity index (χ4n) is 2.82. The van der Waals surface area contributed by atoms with Crippen molar-refractivity contribution < 1.29 is 19.7 Å². The summed E-state index contributed by atoms with van der Waals surface area (Å²) in [6, 6.07) is 20.7. The third-order valence-corrected chi connectivity index (χ3v) is 5.12. The van der Waals surface area contributed by atoms with Crippen LogP contribution in [-0.4, -0.2) is 22.8 Å². The van der Waals surface area contributed by atoms with Crippen molar-refractivity contribution in [3.63, 3.8) is 0 Å². The van der Waals surface area contributed by atoms with Crippen molar-refractivity contribution in [3.8, 4) is 5.75 Å². The Balaban J connectivity index is 1.83. The maximum atomic E-state index is 11.6. The van der Waals surface area contributed by atoms with Gasteiger partial charge >= 0.3 is 5.97 Å². The van der Waals surface area contributed by atoms with E-state index in [1.807, 2.05) is 60.0 Å². The first kappa shape index (κ1) is 18.2. The van der Waals surface area contributed by atoms with E-state index in [9.17, 15) is 9.90 Å². The lowest BCUT2D eigenvalue weighted by atomic mass is 9.85. The number of ether oxygens (including phenoxy) is 1. The molecule has 0 aliphatic heterocycles. The molecule has 5 heteroatoms. The Bertz CT molecular complexity index is 828. The summed E-state index contributed by atoms with van der Waals surface area (Å²) >= 11 is 1.51. The number of carboxylic acids is 1. The van der Waals surface area contributed by atoms with Crippen LogP contribution in [0.4, 0.5) is 0 Å². The first-order chi connectivity index (χ1) is 12.6. The Morgan fingerprint density at radius 1 is 0.962 bits per heavy atom. The quantitative estimate of drug-likeness (QED) is 0.583. The average molecular weight is 368 g/mol. The number of rotatable bonds is 8. The third kappa shape index (κ3) is 3.95. The molecule has 26 heavy (non-hydrogen) atoms. The fourth-order valence-corrected chi connectivity index (χ4v) is 3.69. The predicted octanol–water partition coefficient (Wildman–Crippen LogP) is 4.28. The van der Waals surface area contributed by atoms with E-state index >= 15 is 0 Å². The molecule has 0 aliphatic carbocycles. The van der Waals surface area contributed by atoms with Crippen LogP contribution in [0.1, 0.15) is 28.8 Å². The number of hydrogen-bond donors (Lipinski definition) is 2. The molecule has 0 bridgehead atoms. The van der Waals surface area contributed by atoms with Gasteiger partial charge in [0.25, 0.3) is 0 Å². The molecular formula is C21H20O4S. The van der Waals surface area contributed by atoms with Gasteiger partial charge in [0.05, 0.1) is 6.61 Å². The van der Waals surface area contributed by atoms with E-state index in [0.717, 1.165) is 16.0 Å². The summed E-state index contributed by atoms with van der Waals surface area (Å²) in [4.78, 5) is 11.4. The van der Waals surface area contributed by atoms with Crippen LogP contribution < -0.4 is 4.74 Å². The molecule has 2 N–H and O–H groups in total. The summed E-state index contributed by atoms with van der Waals surface area (Å²) in [5, 5.41) is 22.2. The molecule has 1 heterocycles. The standard InChI is InChI=1S/C21H20O4S/c22-20(23)9-4-14-25-18-12-10-17(11-13-18)21(24,19-8-5-15-26-19)16-6-2-1-3-7-16/h1-3,5-8,10-13,15,24H,4,9,14H2,(H,22,23). The van der Waals surface area contributed by atoms with Gasteiger partial charge in [0.1, 0.15) is 11.4 Å². The number of benzene rings is 2. The molecule has 4 nitrogen and oxygen atoms in total. The van der Waals surface area contributed by atoms with E-state index in [2.05, 4.69) is 0 Å². The van der Waals surface area contributed by atoms with Crippen LogP contribution in [0.3, 0.4) is 0 Å². The monoisotopic (exact) mass is 368 g/mol. The molecule has 0 spiro atoms. The Morgan fingerprint density at radius 3 is 2.27 bits per heavy atom. The third-order valence-electron chi connectivity index (χ3n) is 4.15. The lowest BCUT2D eigenvalue weighted by Crippen LogP contribution is -2.27. The van der Waals surface area contributed by atoms with Gasteiger partial charge in [-0.05, 0) is 41.1 Å². The maximum absolute atomic E-state index is 11.6. The van der Waals surface area contributed by atoms with Crippen LogP contribution >= 0.6 is 11.3 Å². The Labute approximate surface area is 156 Å². The first-order valence-electron chi connectivity index (χ1n) is 8.37. The van der Waals surface area contributed by atoms with Gasteiger partial charge in [0.2, 0.25) is 0 Å². The lowest BCUT2D eigenvalue weighted by Gasteiger charge is -2.28. The molecule has 134 valence electrons.